The molecule has 188 valence electrons. The first kappa shape index (κ1) is 25.9. The van der Waals surface area contributed by atoms with Crippen molar-refractivity contribution in [2.75, 3.05) is 0 Å². The van der Waals surface area contributed by atoms with Crippen LogP contribution in [0.1, 0.15) is 80.0 Å². The van der Waals surface area contributed by atoms with E-state index in [0.717, 1.165) is 38.5 Å². The Balaban J connectivity index is 1.26. The van der Waals surface area contributed by atoms with Gasteiger partial charge in [-0.25, -0.2) is 4.39 Å². The van der Waals surface area contributed by atoms with Crippen LogP contribution in [-0.2, 0) is 17.6 Å². The van der Waals surface area contributed by atoms with Gasteiger partial charge in [0.05, 0.1) is 5.92 Å². The molecule has 0 amide bonds. The molecule has 3 heteroatoms. The van der Waals surface area contributed by atoms with Crippen LogP contribution in [0.4, 0.5) is 4.39 Å². The second-order valence-corrected chi connectivity index (χ2v) is 10.1. The standard InChI is InChI=1S/C33H37FO2/c1-3-4-6-11-29-20-21-31(23-32(29)34)36-33(35)30-18-16-28(17-19-30)27-14-12-25(13-15-27)22-24(2)26-9-7-5-8-10-26/h3-5,7-10,12-15,20-21,23-24,28,30H,6,11,16-19,22H2,1-2H3/t24-,28?,30?/m0/s1. The molecule has 0 heterocycles. The van der Waals surface area contributed by atoms with E-state index in [2.05, 4.69) is 61.5 Å². The summed E-state index contributed by atoms with van der Waals surface area (Å²) in [5.41, 5.74) is 4.73. The lowest BCUT2D eigenvalue weighted by molar-refractivity contribution is -0.140. The molecule has 0 bridgehead atoms. The quantitative estimate of drug-likeness (QED) is 0.173. The molecule has 4 rings (SSSR count). The lowest BCUT2D eigenvalue weighted by Crippen LogP contribution is -2.25. The van der Waals surface area contributed by atoms with Crippen molar-refractivity contribution in [1.82, 2.24) is 0 Å². The van der Waals surface area contributed by atoms with Gasteiger partial charge in [-0.3, -0.25) is 4.79 Å². The monoisotopic (exact) mass is 484 g/mol. The third-order valence-electron chi connectivity index (χ3n) is 7.48. The largest absolute Gasteiger partial charge is 0.426 e. The number of benzene rings is 3. The molecule has 3 aromatic rings. The average Bonchev–Trinajstić information content (AvgIpc) is 2.91. The Morgan fingerprint density at radius 3 is 2.39 bits per heavy atom. The van der Waals surface area contributed by atoms with E-state index in [0.29, 0.717) is 29.6 Å². The fourth-order valence-corrected chi connectivity index (χ4v) is 5.24. The molecule has 1 saturated carbocycles. The number of hydrogen-bond donors (Lipinski definition) is 0. The summed E-state index contributed by atoms with van der Waals surface area (Å²) in [6.07, 6.45) is 10.00. The van der Waals surface area contributed by atoms with Crippen LogP contribution in [-0.4, -0.2) is 5.97 Å². The number of carbonyl (C=O) groups excluding carboxylic acids is 1. The topological polar surface area (TPSA) is 26.3 Å². The van der Waals surface area contributed by atoms with Gasteiger partial charge in [-0.15, -0.1) is 0 Å². The summed E-state index contributed by atoms with van der Waals surface area (Å²) >= 11 is 0. The highest BCUT2D eigenvalue weighted by molar-refractivity contribution is 5.75. The van der Waals surface area contributed by atoms with Crippen molar-refractivity contribution >= 4 is 5.97 Å². The van der Waals surface area contributed by atoms with Crippen molar-refractivity contribution in [1.29, 1.82) is 0 Å². The zero-order valence-corrected chi connectivity index (χ0v) is 21.5. The van der Waals surface area contributed by atoms with Gasteiger partial charge in [-0.1, -0.05) is 79.7 Å². The first-order valence-electron chi connectivity index (χ1n) is 13.3. The van der Waals surface area contributed by atoms with Gasteiger partial charge in [0, 0.05) is 6.07 Å². The Morgan fingerprint density at radius 1 is 1.00 bits per heavy atom. The zero-order valence-electron chi connectivity index (χ0n) is 21.5. The summed E-state index contributed by atoms with van der Waals surface area (Å²) in [6, 6.07) is 24.5. The van der Waals surface area contributed by atoms with Crippen molar-refractivity contribution in [3.63, 3.8) is 0 Å². The fourth-order valence-electron chi connectivity index (χ4n) is 5.24. The molecule has 0 unspecified atom stereocenters. The van der Waals surface area contributed by atoms with Crippen molar-refractivity contribution in [3.05, 3.63) is 113 Å². The van der Waals surface area contributed by atoms with Gasteiger partial charge in [0.1, 0.15) is 11.6 Å². The number of esters is 1. The van der Waals surface area contributed by atoms with E-state index in [-0.39, 0.29) is 17.7 Å². The number of halogens is 1. The van der Waals surface area contributed by atoms with E-state index in [1.54, 1.807) is 12.1 Å². The Bertz CT molecular complexity index is 1140. The summed E-state index contributed by atoms with van der Waals surface area (Å²) in [6.45, 7) is 4.23. The SMILES string of the molecule is CC=CCCc1ccc(OC(=O)C2CCC(c3ccc(C[C@H](C)c4ccccc4)cc3)CC2)cc1F. The minimum absolute atomic E-state index is 0.121. The van der Waals surface area contributed by atoms with Crippen molar-refractivity contribution in [2.24, 2.45) is 5.92 Å². The molecule has 0 aliphatic heterocycles. The van der Waals surface area contributed by atoms with Crippen LogP contribution in [0.15, 0.2) is 84.9 Å². The van der Waals surface area contributed by atoms with Crippen molar-refractivity contribution in [2.45, 2.75) is 70.6 Å². The van der Waals surface area contributed by atoms with Crippen LogP contribution in [0, 0.1) is 11.7 Å². The predicted octanol–water partition coefficient (Wildman–Crippen LogP) is 8.56. The first-order chi connectivity index (χ1) is 17.5. The molecule has 36 heavy (non-hydrogen) atoms. The molecule has 3 aromatic carbocycles. The summed E-state index contributed by atoms with van der Waals surface area (Å²) in [5.74, 6) is 0.597. The van der Waals surface area contributed by atoms with Gasteiger partial charge in [0.15, 0.2) is 0 Å². The van der Waals surface area contributed by atoms with Crippen LogP contribution in [0.5, 0.6) is 5.75 Å². The molecule has 1 fully saturated rings. The highest BCUT2D eigenvalue weighted by Gasteiger charge is 2.28. The van der Waals surface area contributed by atoms with E-state index in [1.165, 1.54) is 22.8 Å². The lowest BCUT2D eigenvalue weighted by Gasteiger charge is -2.27. The van der Waals surface area contributed by atoms with E-state index in [9.17, 15) is 9.18 Å². The molecular weight excluding hydrogens is 447 g/mol. The summed E-state index contributed by atoms with van der Waals surface area (Å²) < 4.78 is 19.9. The molecule has 1 aliphatic rings. The molecule has 1 aliphatic carbocycles. The summed E-state index contributed by atoms with van der Waals surface area (Å²) in [5, 5.41) is 0. The maximum Gasteiger partial charge on any atom is 0.314 e. The summed E-state index contributed by atoms with van der Waals surface area (Å²) in [7, 11) is 0. The van der Waals surface area contributed by atoms with Crippen LogP contribution in [0.3, 0.4) is 0 Å². The Hall–Kier alpha value is -3.20. The third kappa shape index (κ3) is 6.94. The third-order valence-corrected chi connectivity index (χ3v) is 7.48. The first-order valence-corrected chi connectivity index (χ1v) is 13.3. The van der Waals surface area contributed by atoms with E-state index >= 15 is 0 Å². The molecule has 0 saturated heterocycles. The van der Waals surface area contributed by atoms with E-state index < -0.39 is 0 Å². The van der Waals surface area contributed by atoms with Crippen LogP contribution < -0.4 is 4.74 Å². The fraction of sp³-hybridized carbons (Fsp3) is 0.364. The van der Waals surface area contributed by atoms with E-state index in [4.69, 9.17) is 4.74 Å². The van der Waals surface area contributed by atoms with Gasteiger partial charge in [-0.2, -0.15) is 0 Å². The number of aryl methyl sites for hydroxylation is 1. The van der Waals surface area contributed by atoms with Crippen LogP contribution in [0.25, 0.3) is 0 Å². The van der Waals surface area contributed by atoms with E-state index in [1.807, 2.05) is 19.1 Å². The Morgan fingerprint density at radius 2 is 1.72 bits per heavy atom. The Kier molecular flexibility index (Phi) is 9.11. The number of allylic oxidation sites excluding steroid dienone is 2. The Labute approximate surface area is 215 Å². The van der Waals surface area contributed by atoms with Crippen LogP contribution in [0.2, 0.25) is 0 Å². The van der Waals surface area contributed by atoms with Gasteiger partial charge in [0.25, 0.3) is 0 Å². The van der Waals surface area contributed by atoms with Crippen LogP contribution >= 0.6 is 0 Å². The molecule has 0 N–H and O–H groups in total. The van der Waals surface area contributed by atoms with Gasteiger partial charge < -0.3 is 4.74 Å². The highest BCUT2D eigenvalue weighted by atomic mass is 19.1. The second-order valence-electron chi connectivity index (χ2n) is 10.1. The minimum Gasteiger partial charge on any atom is -0.426 e. The number of ether oxygens (including phenoxy) is 1. The van der Waals surface area contributed by atoms with Gasteiger partial charge in [0.2, 0.25) is 0 Å². The van der Waals surface area contributed by atoms with Gasteiger partial charge in [-0.05, 0) is 92.0 Å². The van der Waals surface area contributed by atoms with Crippen molar-refractivity contribution in [3.8, 4) is 5.75 Å². The second kappa shape index (κ2) is 12.7. The zero-order chi connectivity index (χ0) is 25.3. The lowest BCUT2D eigenvalue weighted by atomic mass is 9.78. The predicted molar refractivity (Wildman–Crippen MR) is 145 cm³/mol. The number of rotatable bonds is 9. The normalized spacial score (nSPS) is 18.8. The highest BCUT2D eigenvalue weighted by Crippen LogP contribution is 2.37. The maximum atomic E-state index is 14.4. The molecule has 1 atom stereocenters. The molecule has 2 nitrogen and oxygen atoms in total. The summed E-state index contributed by atoms with van der Waals surface area (Å²) in [4.78, 5) is 12.7. The molecule has 0 spiro atoms. The number of hydrogen-bond acceptors (Lipinski definition) is 2. The molecular formula is C33H37FO2. The van der Waals surface area contributed by atoms with Gasteiger partial charge >= 0.3 is 5.97 Å². The average molecular weight is 485 g/mol. The minimum atomic E-state index is -0.310. The maximum absolute atomic E-state index is 14.4. The number of carbonyl (C=O) groups is 1. The smallest absolute Gasteiger partial charge is 0.314 e. The molecule has 0 radical (unpaired) electrons. The molecule has 0 aromatic heterocycles. The van der Waals surface area contributed by atoms with Crippen molar-refractivity contribution < 1.29 is 13.9 Å².